The first kappa shape index (κ1) is 54.7. The molecule has 4 aliphatic rings. The molecule has 2 N–H and O–H groups in total. The lowest BCUT2D eigenvalue weighted by Gasteiger charge is -2.55. The summed E-state index contributed by atoms with van der Waals surface area (Å²) < 4.78 is 24.1. The van der Waals surface area contributed by atoms with Crippen LogP contribution in [0.2, 0.25) is 0 Å². The van der Waals surface area contributed by atoms with Crippen LogP contribution in [-0.2, 0) is 41.9 Å². The van der Waals surface area contributed by atoms with Gasteiger partial charge in [-0.05, 0) is 61.8 Å². The highest BCUT2D eigenvalue weighted by atomic mass is 79.9. The lowest BCUT2D eigenvalue weighted by molar-refractivity contribution is -0.963. The molecule has 0 aliphatic carbocycles. The summed E-state index contributed by atoms with van der Waals surface area (Å²) in [6.07, 6.45) is 8.77. The molecule has 16 heteroatoms. The number of nitrogens with zero attached hydrogens (tertiary/aromatic N) is 2. The molecule has 66 heavy (non-hydrogen) atoms. The highest BCUT2D eigenvalue weighted by Gasteiger charge is 2.64. The van der Waals surface area contributed by atoms with Crippen molar-refractivity contribution >= 4 is 35.8 Å². The molecule has 14 nitrogen and oxygen atoms in total. The highest BCUT2D eigenvalue weighted by molar-refractivity contribution is 5.82. The molecule has 4 saturated heterocycles. The Morgan fingerprint density at radius 2 is 0.864 bits per heavy atom. The predicted octanol–water partition coefficient (Wildman–Crippen LogP) is 2.54. The second kappa shape index (κ2) is 23.4. The lowest BCUT2D eigenvalue weighted by Crippen LogP contribution is -3.00. The fourth-order valence-corrected chi connectivity index (χ4v) is 12.1. The first-order chi connectivity index (χ1) is 30.5. The van der Waals surface area contributed by atoms with Crippen LogP contribution in [0.1, 0.15) is 148 Å². The third-order valence-electron chi connectivity index (χ3n) is 15.4. The fourth-order valence-electron chi connectivity index (χ4n) is 12.1. The maximum atomic E-state index is 14.0. The average Bonchev–Trinajstić information content (AvgIpc) is 3.44. The number of benzene rings is 2. The predicted molar refractivity (Wildman–Crippen MR) is 236 cm³/mol. The summed E-state index contributed by atoms with van der Waals surface area (Å²) >= 11 is 0. The number of quaternary nitrogens is 2. The number of piperidine rings is 2. The molecule has 0 saturated carbocycles. The van der Waals surface area contributed by atoms with E-state index in [1.165, 1.54) is 0 Å². The summed E-state index contributed by atoms with van der Waals surface area (Å²) in [6.45, 7) is 8.62. The first-order valence-electron chi connectivity index (χ1n) is 23.7. The van der Waals surface area contributed by atoms with Crippen molar-refractivity contribution in [2.75, 3.05) is 14.1 Å². The Labute approximate surface area is 410 Å². The van der Waals surface area contributed by atoms with Gasteiger partial charge in [0.15, 0.2) is 0 Å². The topological polar surface area (TPSA) is 180 Å². The number of hydrogen-bond donors (Lipinski definition) is 2. The van der Waals surface area contributed by atoms with Gasteiger partial charge in [-0.25, -0.2) is 0 Å². The normalized spacial score (nSPS) is 27.0. The van der Waals surface area contributed by atoms with E-state index in [1.54, 1.807) is 24.3 Å². The molecule has 0 radical (unpaired) electrons. The molecule has 0 spiro atoms. The Morgan fingerprint density at radius 1 is 0.545 bits per heavy atom. The van der Waals surface area contributed by atoms with Crippen molar-refractivity contribution in [3.8, 4) is 23.0 Å². The van der Waals surface area contributed by atoms with Gasteiger partial charge in [-0.1, -0.05) is 27.7 Å². The molecule has 2 aromatic carbocycles. The van der Waals surface area contributed by atoms with E-state index >= 15 is 0 Å². The van der Waals surface area contributed by atoms with E-state index in [9.17, 15) is 39.0 Å². The number of carbonyl (C=O) groups is 6. The molecule has 4 aliphatic heterocycles. The zero-order chi connectivity index (χ0) is 46.4. The molecular formula is C50H70Br2N2O12. The van der Waals surface area contributed by atoms with Crippen molar-refractivity contribution in [2.24, 2.45) is 17.3 Å². The van der Waals surface area contributed by atoms with Crippen molar-refractivity contribution in [1.82, 2.24) is 0 Å². The zero-order valence-corrected chi connectivity index (χ0v) is 42.7. The minimum Gasteiger partial charge on any atom is -1.00 e. The van der Waals surface area contributed by atoms with Crippen molar-refractivity contribution < 1.29 is 101 Å². The average molecular weight is 1050 g/mol. The number of aliphatic carboxylic acids is 2. The standard InChI is InChI=1S/C50H68N2O12.2BrH/c1-7-11-45(55)61-40-21-15-32(42(27-40)63-47(57)13-9-3)30-51(5)36-17-18-37(51)24-34(23-36)50(49(59)60,29-44(53)54)35-25-38-19-20-39(26-35)52(38,6)31-33-16-22-41(62-46(56)12-8-2)28-43(33)64-48(58)14-10-4;;/h15-16,21-22,27-28,34-39H,7-14,17-20,23-26,29-31H2,1-6H3;2*1H. The summed E-state index contributed by atoms with van der Waals surface area (Å²) in [4.78, 5) is 77.2. The lowest BCUT2D eigenvalue weighted by atomic mass is 9.57. The molecule has 4 fully saturated rings. The van der Waals surface area contributed by atoms with Gasteiger partial charge in [0.1, 0.15) is 36.1 Å². The Hall–Kier alpha value is -3.86. The molecular weight excluding hydrogens is 980 g/mol. The van der Waals surface area contributed by atoms with Crippen LogP contribution in [0, 0.1) is 17.3 Å². The minimum atomic E-state index is -1.47. The van der Waals surface area contributed by atoms with E-state index in [0.29, 0.717) is 96.4 Å². The summed E-state index contributed by atoms with van der Waals surface area (Å²) in [5.74, 6) is -3.03. The maximum Gasteiger partial charge on any atom is 0.311 e. The molecule has 4 atom stereocenters. The van der Waals surface area contributed by atoms with Crippen molar-refractivity contribution in [1.29, 1.82) is 0 Å². The van der Waals surface area contributed by atoms with E-state index in [0.717, 1.165) is 36.8 Å². The number of carboxylic acid groups (broad SMARTS) is 2. The van der Waals surface area contributed by atoms with Gasteiger partial charge in [0.05, 0.1) is 50.1 Å². The monoisotopic (exact) mass is 1050 g/mol. The van der Waals surface area contributed by atoms with E-state index in [-0.39, 0.29) is 120 Å². The van der Waals surface area contributed by atoms with Crippen molar-refractivity contribution in [3.63, 3.8) is 0 Å². The Balaban J connectivity index is 0.00000476. The molecule has 0 aromatic heterocycles. The third kappa shape index (κ3) is 11.9. The van der Waals surface area contributed by atoms with Gasteiger partial charge in [0.2, 0.25) is 0 Å². The number of esters is 4. The summed E-state index contributed by atoms with van der Waals surface area (Å²) in [6, 6.07) is 10.6. The summed E-state index contributed by atoms with van der Waals surface area (Å²) in [5, 5.41) is 22.0. The van der Waals surface area contributed by atoms with Gasteiger partial charge in [-0.3, -0.25) is 28.8 Å². The molecule has 2 aromatic rings. The smallest absolute Gasteiger partial charge is 0.311 e. The first-order valence-corrected chi connectivity index (χ1v) is 23.7. The fraction of sp³-hybridized carbons (Fsp3) is 0.640. The van der Waals surface area contributed by atoms with Crippen LogP contribution in [0.4, 0.5) is 0 Å². The van der Waals surface area contributed by atoms with Crippen molar-refractivity contribution in [3.05, 3.63) is 47.5 Å². The van der Waals surface area contributed by atoms with Crippen LogP contribution in [0.15, 0.2) is 36.4 Å². The van der Waals surface area contributed by atoms with Gasteiger partial charge < -0.3 is 72.1 Å². The SMILES string of the molecule is CCCC(=O)Oc1ccc(C[N+]2(C)C3CCC2CC(C(CC(=O)O)(C(=O)O)C2CC4CCC(C2)[N+]4(C)Cc2ccc(OC(=O)CCC)cc2OC(=O)CCC)C3)c(OC(=O)CCC)c1.[Br-].[Br-]. The third-order valence-corrected chi connectivity index (χ3v) is 15.4. The van der Waals surface area contributed by atoms with Crippen LogP contribution in [0.3, 0.4) is 0 Å². The number of fused-ring (bicyclic) bond motifs is 4. The second-order valence-electron chi connectivity index (χ2n) is 19.5. The summed E-state index contributed by atoms with van der Waals surface area (Å²) in [5.41, 5.74) is 0.118. The van der Waals surface area contributed by atoms with Gasteiger partial charge in [0, 0.05) is 100 Å². The molecule has 4 heterocycles. The zero-order valence-electron chi connectivity index (χ0n) is 39.5. The van der Waals surface area contributed by atoms with E-state index in [1.807, 2.05) is 39.8 Å². The number of carboxylic acids is 2. The van der Waals surface area contributed by atoms with E-state index in [4.69, 9.17) is 18.9 Å². The Bertz CT molecular complexity index is 1920. The Kier molecular flexibility index (Phi) is 19.4. The van der Waals surface area contributed by atoms with Crippen LogP contribution < -0.4 is 52.9 Å². The molecule has 4 bridgehead atoms. The number of ether oxygens (including phenoxy) is 4. The van der Waals surface area contributed by atoms with Gasteiger partial charge in [-0.15, -0.1) is 0 Å². The van der Waals surface area contributed by atoms with Crippen LogP contribution in [0.5, 0.6) is 23.0 Å². The minimum absolute atomic E-state index is 0. The van der Waals surface area contributed by atoms with E-state index < -0.39 is 23.8 Å². The maximum absolute atomic E-state index is 14.0. The number of carbonyl (C=O) groups excluding carboxylic acids is 4. The second-order valence-corrected chi connectivity index (χ2v) is 19.5. The van der Waals surface area contributed by atoms with Crippen molar-refractivity contribution in [2.45, 2.75) is 174 Å². The van der Waals surface area contributed by atoms with Gasteiger partial charge in [0.25, 0.3) is 0 Å². The Morgan fingerprint density at radius 3 is 1.15 bits per heavy atom. The number of rotatable bonds is 21. The molecule has 366 valence electrons. The molecule has 0 amide bonds. The van der Waals surface area contributed by atoms with Crippen LogP contribution in [-0.4, -0.2) is 93.3 Å². The highest BCUT2D eigenvalue weighted by Crippen LogP contribution is 2.59. The van der Waals surface area contributed by atoms with Crippen LogP contribution >= 0.6 is 0 Å². The molecule has 4 unspecified atom stereocenters. The number of halogens is 2. The summed E-state index contributed by atoms with van der Waals surface area (Å²) in [7, 11) is 4.37. The molecule has 6 rings (SSSR count). The number of hydrogen-bond acceptors (Lipinski definition) is 10. The van der Waals surface area contributed by atoms with E-state index in [2.05, 4.69) is 14.1 Å². The quantitative estimate of drug-likeness (QED) is 0.106. The largest absolute Gasteiger partial charge is 1.00 e. The van der Waals surface area contributed by atoms with Gasteiger partial charge in [-0.2, -0.15) is 0 Å². The van der Waals surface area contributed by atoms with Gasteiger partial charge >= 0.3 is 35.8 Å². The van der Waals surface area contributed by atoms with Crippen LogP contribution in [0.25, 0.3) is 0 Å².